The van der Waals surface area contributed by atoms with Gasteiger partial charge in [0, 0.05) is 12.8 Å². The van der Waals surface area contributed by atoms with Gasteiger partial charge in [-0.05, 0) is 28.7 Å². The summed E-state index contributed by atoms with van der Waals surface area (Å²) in [5, 5.41) is 13.5. The number of rotatable bonds is 8. The van der Waals surface area contributed by atoms with Gasteiger partial charge >= 0.3 is 11.9 Å². The summed E-state index contributed by atoms with van der Waals surface area (Å²) >= 11 is 0. The molecule has 0 saturated carbocycles. The Morgan fingerprint density at radius 3 is 2.40 bits per heavy atom. The molecule has 5 nitrogen and oxygen atoms in total. The summed E-state index contributed by atoms with van der Waals surface area (Å²) in [7, 11) is 0. The maximum absolute atomic E-state index is 14.1. The minimum atomic E-state index is -3.05. The number of nitrogens with zero attached hydrogens (tertiary/aromatic N) is 3. The molecule has 7 heteroatoms. The van der Waals surface area contributed by atoms with E-state index in [4.69, 9.17) is 0 Å². The van der Waals surface area contributed by atoms with E-state index in [2.05, 4.69) is 10.1 Å². The number of halogens is 2. The molecule has 1 N–H and O–H groups in total. The Kier molecular flexibility index (Phi) is 6.29. The van der Waals surface area contributed by atoms with E-state index in [1.165, 1.54) is 6.92 Å². The quantitative estimate of drug-likeness (QED) is 0.537. The van der Waals surface area contributed by atoms with Gasteiger partial charge in [0.1, 0.15) is 5.82 Å². The topological polar surface area (TPSA) is 68.0 Å². The van der Waals surface area contributed by atoms with Crippen LogP contribution in [0.2, 0.25) is 0 Å². The maximum Gasteiger partial charge on any atom is 0.336 e. The Labute approximate surface area is 174 Å². The van der Waals surface area contributed by atoms with Crippen molar-refractivity contribution in [3.8, 4) is 11.1 Å². The van der Waals surface area contributed by atoms with Crippen LogP contribution in [0.5, 0.6) is 0 Å². The fourth-order valence-electron chi connectivity index (χ4n) is 3.21. The van der Waals surface area contributed by atoms with Crippen LogP contribution in [0.3, 0.4) is 0 Å². The van der Waals surface area contributed by atoms with Crippen LogP contribution >= 0.6 is 0 Å². The van der Waals surface area contributed by atoms with Crippen molar-refractivity contribution in [1.29, 1.82) is 0 Å². The minimum absolute atomic E-state index is 0.229. The summed E-state index contributed by atoms with van der Waals surface area (Å²) in [5.74, 6) is -3.69. The number of carboxylic acids is 1. The molecule has 0 atom stereocenters. The Morgan fingerprint density at radius 1 is 1.13 bits per heavy atom. The summed E-state index contributed by atoms with van der Waals surface area (Å²) in [6.45, 7) is 5.74. The molecule has 3 aromatic rings. The highest BCUT2D eigenvalue weighted by Gasteiger charge is 2.35. The normalized spacial score (nSPS) is 11.8. The predicted octanol–water partition coefficient (Wildman–Crippen LogP) is 5.39. The lowest BCUT2D eigenvalue weighted by Crippen LogP contribution is -2.14. The lowest BCUT2D eigenvalue weighted by Gasteiger charge is -2.10. The second-order valence-corrected chi connectivity index (χ2v) is 7.71. The summed E-state index contributed by atoms with van der Waals surface area (Å²) in [6.07, 6.45) is 0.201. The van der Waals surface area contributed by atoms with E-state index >= 15 is 0 Å². The molecule has 0 aliphatic carbocycles. The van der Waals surface area contributed by atoms with E-state index in [9.17, 15) is 18.7 Å². The average Bonchev–Trinajstić information content (AvgIpc) is 3.11. The van der Waals surface area contributed by atoms with Gasteiger partial charge in [-0.3, -0.25) is 0 Å². The van der Waals surface area contributed by atoms with Crippen molar-refractivity contribution in [2.45, 2.75) is 46.1 Å². The van der Waals surface area contributed by atoms with Crippen molar-refractivity contribution in [3.63, 3.8) is 0 Å². The molecule has 3 rings (SSSR count). The summed E-state index contributed by atoms with van der Waals surface area (Å²) in [6, 6.07) is 14.2. The monoisotopic (exact) mass is 413 g/mol. The molecule has 0 saturated heterocycles. The number of carboxylic acid groups (broad SMARTS) is 1. The fraction of sp³-hybridized carbons (Fsp3) is 0.348. The second kappa shape index (κ2) is 8.73. The van der Waals surface area contributed by atoms with Crippen molar-refractivity contribution in [3.05, 3.63) is 71.3 Å². The molecule has 1 aromatic heterocycles. The molecule has 2 aromatic carbocycles. The third-order valence-corrected chi connectivity index (χ3v) is 4.87. The number of aromatic nitrogens is 3. The van der Waals surface area contributed by atoms with Gasteiger partial charge in [-0.1, -0.05) is 63.2 Å². The zero-order valence-electron chi connectivity index (χ0n) is 17.3. The number of aromatic carboxylic acids is 1. The van der Waals surface area contributed by atoms with Gasteiger partial charge in [0.15, 0.2) is 0 Å². The van der Waals surface area contributed by atoms with Gasteiger partial charge in [0.25, 0.3) is 0 Å². The zero-order chi connectivity index (χ0) is 21.9. The molecule has 1 heterocycles. The summed E-state index contributed by atoms with van der Waals surface area (Å²) < 4.78 is 29.8. The van der Waals surface area contributed by atoms with Crippen molar-refractivity contribution >= 4 is 5.97 Å². The SMILES string of the molecule is CCC(F)(F)c1nc(CC(C)C)n(Cc2ccc(-c3ccccc3C(=O)O)cc2)n1. The van der Waals surface area contributed by atoms with Gasteiger partial charge in [-0.25, -0.2) is 14.5 Å². The molecule has 0 fully saturated rings. The molecule has 0 unspecified atom stereocenters. The average molecular weight is 413 g/mol. The molecule has 0 aliphatic rings. The van der Waals surface area contributed by atoms with E-state index in [-0.39, 0.29) is 17.9 Å². The van der Waals surface area contributed by atoms with Gasteiger partial charge < -0.3 is 5.11 Å². The lowest BCUT2D eigenvalue weighted by molar-refractivity contribution is -0.0177. The lowest BCUT2D eigenvalue weighted by atomic mass is 9.99. The van der Waals surface area contributed by atoms with Crippen LogP contribution in [-0.2, 0) is 18.9 Å². The third-order valence-electron chi connectivity index (χ3n) is 4.87. The molecule has 0 bridgehead atoms. The number of hydrogen-bond acceptors (Lipinski definition) is 3. The van der Waals surface area contributed by atoms with Gasteiger partial charge in [-0.15, -0.1) is 5.10 Å². The molecule has 0 amide bonds. The highest BCUT2D eigenvalue weighted by Crippen LogP contribution is 2.29. The third kappa shape index (κ3) is 4.72. The first-order chi connectivity index (χ1) is 14.2. The van der Waals surface area contributed by atoms with Crippen LogP contribution < -0.4 is 0 Å². The van der Waals surface area contributed by atoms with Crippen molar-refractivity contribution in [2.24, 2.45) is 5.92 Å². The largest absolute Gasteiger partial charge is 0.478 e. The fourth-order valence-corrected chi connectivity index (χ4v) is 3.21. The van der Waals surface area contributed by atoms with Crippen LogP contribution in [0.4, 0.5) is 8.78 Å². The second-order valence-electron chi connectivity index (χ2n) is 7.71. The Balaban J connectivity index is 1.89. The minimum Gasteiger partial charge on any atom is -0.478 e. The first-order valence-corrected chi connectivity index (χ1v) is 9.95. The van der Waals surface area contributed by atoms with Crippen LogP contribution in [0, 0.1) is 5.92 Å². The van der Waals surface area contributed by atoms with E-state index in [1.54, 1.807) is 28.9 Å². The van der Waals surface area contributed by atoms with Crippen molar-refractivity contribution in [1.82, 2.24) is 14.8 Å². The Hall–Kier alpha value is -3.09. The highest BCUT2D eigenvalue weighted by molar-refractivity contribution is 5.95. The smallest absolute Gasteiger partial charge is 0.336 e. The van der Waals surface area contributed by atoms with E-state index in [0.29, 0.717) is 24.4 Å². The van der Waals surface area contributed by atoms with Crippen molar-refractivity contribution < 1.29 is 18.7 Å². The number of carbonyl (C=O) groups is 1. The van der Waals surface area contributed by atoms with Crippen LogP contribution in [0.25, 0.3) is 11.1 Å². The van der Waals surface area contributed by atoms with Crippen LogP contribution in [-0.4, -0.2) is 25.8 Å². The summed E-state index contributed by atoms with van der Waals surface area (Å²) in [5.41, 5.74) is 2.50. The molecular formula is C23H25F2N3O2. The van der Waals surface area contributed by atoms with E-state index in [1.807, 2.05) is 38.1 Å². The summed E-state index contributed by atoms with van der Waals surface area (Å²) in [4.78, 5) is 15.6. The number of hydrogen-bond donors (Lipinski definition) is 1. The van der Waals surface area contributed by atoms with Gasteiger partial charge in [0.2, 0.25) is 5.82 Å². The van der Waals surface area contributed by atoms with E-state index < -0.39 is 17.7 Å². The van der Waals surface area contributed by atoms with E-state index in [0.717, 1.165) is 11.1 Å². The van der Waals surface area contributed by atoms with Gasteiger partial charge in [0.05, 0.1) is 12.1 Å². The first kappa shape index (κ1) is 21.6. The Bertz CT molecular complexity index is 1030. The highest BCUT2D eigenvalue weighted by atomic mass is 19.3. The zero-order valence-corrected chi connectivity index (χ0v) is 17.3. The van der Waals surface area contributed by atoms with Gasteiger partial charge in [-0.2, -0.15) is 8.78 Å². The van der Waals surface area contributed by atoms with Crippen molar-refractivity contribution in [2.75, 3.05) is 0 Å². The molecule has 0 aliphatic heterocycles. The standard InChI is InChI=1S/C23H25F2N3O2/c1-4-23(24,25)22-26-20(13-15(2)3)28(27-22)14-16-9-11-17(12-10-16)18-7-5-6-8-19(18)21(29)30/h5-12,15H,4,13-14H2,1-3H3,(H,29,30). The number of alkyl halides is 2. The predicted molar refractivity (Wildman–Crippen MR) is 111 cm³/mol. The molecule has 30 heavy (non-hydrogen) atoms. The van der Waals surface area contributed by atoms with Crippen LogP contribution in [0.15, 0.2) is 48.5 Å². The molecule has 0 spiro atoms. The number of benzene rings is 2. The molecule has 158 valence electrons. The van der Waals surface area contributed by atoms with Crippen LogP contribution in [0.1, 0.15) is 54.8 Å². The molecular weight excluding hydrogens is 388 g/mol. The first-order valence-electron chi connectivity index (χ1n) is 9.95. The Morgan fingerprint density at radius 2 is 1.80 bits per heavy atom. The molecule has 0 radical (unpaired) electrons. The maximum atomic E-state index is 14.1.